The maximum absolute atomic E-state index is 10.4. The Labute approximate surface area is 73.4 Å². The van der Waals surface area contributed by atoms with Crippen molar-refractivity contribution in [3.8, 4) is 0 Å². The number of likely N-dealkylation sites (tertiary alicyclic amines) is 1. The molecule has 1 aliphatic rings. The molecule has 3 heteroatoms. The molecule has 0 aromatic rings. The molecular formula is C9H17NO2. The van der Waals surface area contributed by atoms with E-state index in [-0.39, 0.29) is 5.92 Å². The van der Waals surface area contributed by atoms with Crippen LogP contribution in [-0.2, 0) is 4.79 Å². The second-order valence-electron chi connectivity index (χ2n) is 3.84. The van der Waals surface area contributed by atoms with Crippen molar-refractivity contribution in [1.29, 1.82) is 0 Å². The maximum atomic E-state index is 10.4. The quantitative estimate of drug-likeness (QED) is 0.690. The van der Waals surface area contributed by atoms with Crippen molar-refractivity contribution in [2.75, 3.05) is 13.1 Å². The molecule has 2 unspecified atom stereocenters. The van der Waals surface area contributed by atoms with Crippen LogP contribution < -0.4 is 0 Å². The van der Waals surface area contributed by atoms with Crippen molar-refractivity contribution in [3.05, 3.63) is 0 Å². The number of carboxylic acids is 1. The first-order valence-electron chi connectivity index (χ1n) is 4.55. The van der Waals surface area contributed by atoms with Crippen molar-refractivity contribution < 1.29 is 9.90 Å². The summed E-state index contributed by atoms with van der Waals surface area (Å²) in [6, 6.07) is 0.668. The molecule has 1 rings (SSSR count). The van der Waals surface area contributed by atoms with Gasteiger partial charge in [0.15, 0.2) is 0 Å². The van der Waals surface area contributed by atoms with E-state index in [1.54, 1.807) is 0 Å². The lowest BCUT2D eigenvalue weighted by atomic mass is 10.0. The Kier molecular flexibility index (Phi) is 3.09. The fourth-order valence-electron chi connectivity index (χ4n) is 1.60. The highest BCUT2D eigenvalue weighted by atomic mass is 16.4. The lowest BCUT2D eigenvalue weighted by Gasteiger charge is -2.40. The van der Waals surface area contributed by atoms with Crippen LogP contribution in [0.2, 0.25) is 0 Å². The van der Waals surface area contributed by atoms with Gasteiger partial charge in [0.05, 0.1) is 0 Å². The standard InChI is InChI=1S/C9H17NO2/c1-7(5-9(11)12)6-10-4-3-8(10)2/h7-8H,3-6H2,1-2H3,(H,11,12). The minimum absolute atomic E-state index is 0.283. The largest absolute Gasteiger partial charge is 0.481 e. The molecule has 1 heterocycles. The molecule has 70 valence electrons. The zero-order chi connectivity index (χ0) is 9.14. The number of hydrogen-bond acceptors (Lipinski definition) is 2. The van der Waals surface area contributed by atoms with Crippen molar-refractivity contribution in [3.63, 3.8) is 0 Å². The summed E-state index contributed by atoms with van der Waals surface area (Å²) in [5, 5.41) is 8.53. The summed E-state index contributed by atoms with van der Waals surface area (Å²) in [4.78, 5) is 12.7. The van der Waals surface area contributed by atoms with Gasteiger partial charge in [-0.3, -0.25) is 4.79 Å². The number of carbonyl (C=O) groups is 1. The van der Waals surface area contributed by atoms with Crippen LogP contribution in [0.15, 0.2) is 0 Å². The summed E-state index contributed by atoms with van der Waals surface area (Å²) in [5.74, 6) is -0.402. The van der Waals surface area contributed by atoms with E-state index in [1.807, 2.05) is 6.92 Å². The highest BCUT2D eigenvalue weighted by molar-refractivity contribution is 5.66. The van der Waals surface area contributed by atoms with Gasteiger partial charge in [-0.05, 0) is 25.8 Å². The smallest absolute Gasteiger partial charge is 0.303 e. The van der Waals surface area contributed by atoms with Gasteiger partial charge in [-0.15, -0.1) is 0 Å². The maximum Gasteiger partial charge on any atom is 0.303 e. The van der Waals surface area contributed by atoms with Crippen LogP contribution in [0.4, 0.5) is 0 Å². The van der Waals surface area contributed by atoms with Crippen LogP contribution in [0.1, 0.15) is 26.7 Å². The number of carboxylic acid groups (broad SMARTS) is 1. The van der Waals surface area contributed by atoms with Crippen molar-refractivity contribution in [1.82, 2.24) is 4.90 Å². The van der Waals surface area contributed by atoms with Crippen molar-refractivity contribution in [2.24, 2.45) is 5.92 Å². The normalized spacial score (nSPS) is 26.3. The third-order valence-electron chi connectivity index (χ3n) is 2.53. The van der Waals surface area contributed by atoms with E-state index in [9.17, 15) is 4.79 Å². The van der Waals surface area contributed by atoms with Crippen LogP contribution >= 0.6 is 0 Å². The van der Waals surface area contributed by atoms with Gasteiger partial charge in [-0.1, -0.05) is 6.92 Å². The number of nitrogens with zero attached hydrogens (tertiary/aromatic N) is 1. The van der Waals surface area contributed by atoms with Gasteiger partial charge in [-0.2, -0.15) is 0 Å². The average Bonchev–Trinajstić information content (AvgIpc) is 1.96. The summed E-state index contributed by atoms with van der Waals surface area (Å²) in [5.41, 5.74) is 0. The summed E-state index contributed by atoms with van der Waals surface area (Å²) in [6.45, 7) is 6.27. The van der Waals surface area contributed by atoms with Crippen LogP contribution in [0.25, 0.3) is 0 Å². The van der Waals surface area contributed by atoms with E-state index in [2.05, 4.69) is 11.8 Å². The molecule has 0 radical (unpaired) electrons. The third kappa shape index (κ3) is 2.48. The van der Waals surface area contributed by atoms with Crippen molar-refractivity contribution in [2.45, 2.75) is 32.7 Å². The molecule has 2 atom stereocenters. The fraction of sp³-hybridized carbons (Fsp3) is 0.889. The minimum atomic E-state index is -0.685. The molecule has 1 aliphatic heterocycles. The molecule has 1 fully saturated rings. The van der Waals surface area contributed by atoms with Crippen LogP contribution in [-0.4, -0.2) is 35.1 Å². The Morgan fingerprint density at radius 1 is 1.75 bits per heavy atom. The molecule has 0 bridgehead atoms. The fourth-order valence-corrected chi connectivity index (χ4v) is 1.60. The topological polar surface area (TPSA) is 40.5 Å². The van der Waals surface area contributed by atoms with E-state index in [4.69, 9.17) is 5.11 Å². The molecule has 0 aromatic heterocycles. The van der Waals surface area contributed by atoms with Gasteiger partial charge in [0, 0.05) is 19.0 Å². The molecule has 0 spiro atoms. The highest BCUT2D eigenvalue weighted by Crippen LogP contribution is 2.18. The minimum Gasteiger partial charge on any atom is -0.481 e. The molecule has 0 saturated carbocycles. The molecule has 1 saturated heterocycles. The van der Waals surface area contributed by atoms with E-state index < -0.39 is 5.97 Å². The molecule has 1 N–H and O–H groups in total. The van der Waals surface area contributed by atoms with E-state index >= 15 is 0 Å². The highest BCUT2D eigenvalue weighted by Gasteiger charge is 2.24. The summed E-state index contributed by atoms with van der Waals surface area (Å²) in [6.07, 6.45) is 1.56. The zero-order valence-corrected chi connectivity index (χ0v) is 7.79. The second kappa shape index (κ2) is 3.90. The summed E-state index contributed by atoms with van der Waals surface area (Å²) < 4.78 is 0. The number of aliphatic carboxylic acids is 1. The average molecular weight is 171 g/mol. The molecule has 0 aliphatic carbocycles. The van der Waals surface area contributed by atoms with E-state index in [0.29, 0.717) is 12.5 Å². The van der Waals surface area contributed by atoms with Crippen LogP contribution in [0, 0.1) is 5.92 Å². The van der Waals surface area contributed by atoms with Crippen LogP contribution in [0.5, 0.6) is 0 Å². The zero-order valence-electron chi connectivity index (χ0n) is 7.79. The Balaban J connectivity index is 2.17. The number of rotatable bonds is 4. The Bertz CT molecular complexity index is 170. The third-order valence-corrected chi connectivity index (χ3v) is 2.53. The van der Waals surface area contributed by atoms with Gasteiger partial charge in [0.1, 0.15) is 0 Å². The summed E-state index contributed by atoms with van der Waals surface area (Å²) in [7, 11) is 0. The lowest BCUT2D eigenvalue weighted by molar-refractivity contribution is -0.138. The molecule has 0 aromatic carbocycles. The Morgan fingerprint density at radius 2 is 2.42 bits per heavy atom. The molecule has 3 nitrogen and oxygen atoms in total. The second-order valence-corrected chi connectivity index (χ2v) is 3.84. The van der Waals surface area contributed by atoms with Gasteiger partial charge in [0.25, 0.3) is 0 Å². The first kappa shape index (κ1) is 9.52. The predicted molar refractivity (Wildman–Crippen MR) is 47.1 cm³/mol. The molecule has 0 amide bonds. The summed E-state index contributed by atoms with van der Waals surface area (Å²) >= 11 is 0. The monoisotopic (exact) mass is 171 g/mol. The van der Waals surface area contributed by atoms with Gasteiger partial charge in [0.2, 0.25) is 0 Å². The molecular weight excluding hydrogens is 154 g/mol. The van der Waals surface area contributed by atoms with Crippen molar-refractivity contribution >= 4 is 5.97 Å². The molecule has 12 heavy (non-hydrogen) atoms. The van der Waals surface area contributed by atoms with E-state index in [1.165, 1.54) is 6.42 Å². The van der Waals surface area contributed by atoms with Crippen LogP contribution in [0.3, 0.4) is 0 Å². The first-order chi connectivity index (χ1) is 5.59. The number of hydrogen-bond donors (Lipinski definition) is 1. The Hall–Kier alpha value is -0.570. The lowest BCUT2D eigenvalue weighted by Crippen LogP contribution is -2.47. The first-order valence-corrected chi connectivity index (χ1v) is 4.55. The van der Waals surface area contributed by atoms with Gasteiger partial charge in [-0.25, -0.2) is 0 Å². The van der Waals surface area contributed by atoms with Gasteiger partial charge >= 0.3 is 5.97 Å². The SMILES string of the molecule is CC(CC(=O)O)CN1CCC1C. The van der Waals surface area contributed by atoms with Gasteiger partial charge < -0.3 is 10.0 Å². The van der Waals surface area contributed by atoms with E-state index in [0.717, 1.165) is 13.1 Å². The Morgan fingerprint density at radius 3 is 2.75 bits per heavy atom. The predicted octanol–water partition coefficient (Wildman–Crippen LogP) is 1.19.